The van der Waals surface area contributed by atoms with Gasteiger partial charge in [0.25, 0.3) is 0 Å². The van der Waals surface area contributed by atoms with Gasteiger partial charge in [-0.3, -0.25) is 4.79 Å². The van der Waals surface area contributed by atoms with E-state index < -0.39 is 12.2 Å². The molecule has 2 saturated carbocycles. The largest absolute Gasteiger partial charge is 0.462 e. The van der Waals surface area contributed by atoms with E-state index in [-0.39, 0.29) is 17.5 Å². The summed E-state index contributed by atoms with van der Waals surface area (Å²) in [5.74, 6) is 1.52. The number of aliphatic hydroxyl groups is 2. The Balaban J connectivity index is 1.61. The van der Waals surface area contributed by atoms with Crippen molar-refractivity contribution in [3.8, 4) is 0 Å². The number of fused-ring (bicyclic) bond motifs is 4. The summed E-state index contributed by atoms with van der Waals surface area (Å²) >= 11 is 0. The van der Waals surface area contributed by atoms with E-state index in [2.05, 4.69) is 13.0 Å². The highest BCUT2D eigenvalue weighted by atomic mass is 16.5. The first-order valence-corrected chi connectivity index (χ1v) is 9.36. The number of hydrogen-bond acceptors (Lipinski definition) is 4. The van der Waals surface area contributed by atoms with Crippen molar-refractivity contribution in [2.75, 3.05) is 0 Å². The zero-order valence-electron chi connectivity index (χ0n) is 14.6. The number of allylic oxidation sites excluding steroid dienone is 2. The van der Waals surface area contributed by atoms with Gasteiger partial charge < -0.3 is 14.9 Å². The number of carbonyl (C=O) groups is 1. The molecule has 4 aliphatic carbocycles. The van der Waals surface area contributed by atoms with Crippen LogP contribution >= 0.6 is 0 Å². The fourth-order valence-corrected chi connectivity index (χ4v) is 6.19. The molecule has 0 aliphatic heterocycles. The molecule has 0 saturated heterocycles. The number of carbonyl (C=O) groups excluding carboxylic acids is 1. The second kappa shape index (κ2) is 5.70. The van der Waals surface area contributed by atoms with Crippen LogP contribution in [-0.2, 0) is 9.53 Å². The predicted molar refractivity (Wildman–Crippen MR) is 90.0 cm³/mol. The van der Waals surface area contributed by atoms with Crippen LogP contribution in [0.25, 0.3) is 0 Å². The van der Waals surface area contributed by atoms with Crippen LogP contribution in [0.3, 0.4) is 0 Å². The van der Waals surface area contributed by atoms with E-state index in [0.29, 0.717) is 17.8 Å². The molecule has 4 aliphatic rings. The highest BCUT2D eigenvalue weighted by Crippen LogP contribution is 2.61. The molecule has 0 radical (unpaired) electrons. The van der Waals surface area contributed by atoms with Crippen LogP contribution in [0.2, 0.25) is 0 Å². The van der Waals surface area contributed by atoms with Gasteiger partial charge in [-0.2, -0.15) is 0 Å². The lowest BCUT2D eigenvalue weighted by molar-refractivity contribution is -0.155. The maximum atomic E-state index is 11.5. The summed E-state index contributed by atoms with van der Waals surface area (Å²) in [7, 11) is 0. The minimum atomic E-state index is -0.756. The molecule has 7 atom stereocenters. The van der Waals surface area contributed by atoms with E-state index in [1.165, 1.54) is 12.5 Å². The van der Waals surface area contributed by atoms with Crippen molar-refractivity contribution in [1.29, 1.82) is 0 Å². The second-order valence-corrected chi connectivity index (χ2v) is 8.41. The third kappa shape index (κ3) is 2.30. The molecule has 4 heteroatoms. The molecule has 2 fully saturated rings. The van der Waals surface area contributed by atoms with E-state index in [0.717, 1.165) is 44.1 Å². The number of hydrogen-bond donors (Lipinski definition) is 2. The lowest BCUT2D eigenvalue weighted by Gasteiger charge is -2.51. The first kappa shape index (κ1) is 16.3. The number of ether oxygens (including phenoxy) is 1. The lowest BCUT2D eigenvalue weighted by Crippen LogP contribution is -2.47. The van der Waals surface area contributed by atoms with Crippen LogP contribution in [0.5, 0.6) is 0 Å². The van der Waals surface area contributed by atoms with Crippen LogP contribution in [0.4, 0.5) is 0 Å². The van der Waals surface area contributed by atoms with E-state index >= 15 is 0 Å². The average Bonchev–Trinajstić information content (AvgIpc) is 2.87. The van der Waals surface area contributed by atoms with Crippen molar-refractivity contribution in [1.82, 2.24) is 0 Å². The zero-order valence-corrected chi connectivity index (χ0v) is 14.6. The quantitative estimate of drug-likeness (QED) is 0.725. The lowest BCUT2D eigenvalue weighted by atomic mass is 9.54. The minimum Gasteiger partial charge on any atom is -0.462 e. The van der Waals surface area contributed by atoms with Gasteiger partial charge in [-0.15, -0.1) is 0 Å². The van der Waals surface area contributed by atoms with Gasteiger partial charge in [0.15, 0.2) is 0 Å². The van der Waals surface area contributed by atoms with Crippen LogP contribution in [0, 0.1) is 23.2 Å². The molecule has 2 unspecified atom stereocenters. The molecular weight excluding hydrogens is 304 g/mol. The van der Waals surface area contributed by atoms with Crippen LogP contribution in [0.1, 0.15) is 52.4 Å². The van der Waals surface area contributed by atoms with Gasteiger partial charge in [0.1, 0.15) is 18.3 Å². The molecule has 0 spiro atoms. The van der Waals surface area contributed by atoms with Gasteiger partial charge in [-0.25, -0.2) is 0 Å². The van der Waals surface area contributed by atoms with Crippen LogP contribution in [-0.4, -0.2) is 34.5 Å². The molecule has 24 heavy (non-hydrogen) atoms. The highest BCUT2D eigenvalue weighted by Gasteiger charge is 2.56. The third-order valence-electron chi connectivity index (χ3n) is 7.33. The van der Waals surface area contributed by atoms with Crippen molar-refractivity contribution in [3.63, 3.8) is 0 Å². The van der Waals surface area contributed by atoms with Crippen molar-refractivity contribution in [3.05, 3.63) is 23.3 Å². The molecule has 0 aromatic carbocycles. The Morgan fingerprint density at radius 1 is 1.25 bits per heavy atom. The molecule has 4 rings (SSSR count). The Hall–Kier alpha value is -1.13. The van der Waals surface area contributed by atoms with E-state index in [1.54, 1.807) is 6.08 Å². The Morgan fingerprint density at radius 2 is 2.04 bits per heavy atom. The third-order valence-corrected chi connectivity index (χ3v) is 7.33. The summed E-state index contributed by atoms with van der Waals surface area (Å²) in [4.78, 5) is 11.5. The summed E-state index contributed by atoms with van der Waals surface area (Å²) in [5.41, 5.74) is 2.44. The van der Waals surface area contributed by atoms with Crippen molar-refractivity contribution < 1.29 is 19.7 Å². The van der Waals surface area contributed by atoms with Gasteiger partial charge >= 0.3 is 5.97 Å². The van der Waals surface area contributed by atoms with Crippen molar-refractivity contribution in [2.45, 2.75) is 70.7 Å². The van der Waals surface area contributed by atoms with Gasteiger partial charge in [0.2, 0.25) is 0 Å². The molecule has 4 nitrogen and oxygen atoms in total. The fraction of sp³-hybridized carbons (Fsp3) is 0.750. The van der Waals surface area contributed by atoms with E-state index in [9.17, 15) is 15.0 Å². The summed E-state index contributed by atoms with van der Waals surface area (Å²) in [5, 5.41) is 20.2. The van der Waals surface area contributed by atoms with Gasteiger partial charge in [0, 0.05) is 12.3 Å². The Labute approximate surface area is 143 Å². The first-order chi connectivity index (χ1) is 11.4. The number of aliphatic hydroxyl groups excluding tert-OH is 2. The standard InChI is InChI=1S/C20H28O4/c1-11(21)24-18-8-6-16-14-3-4-15-12(5-7-17(22)19(15)23)13(14)9-10-20(16,18)2/h5,7,13-14,16-19,22-23H,3-4,6,8-10H2,1-2H3/t13-,14-,16+,17?,18+,19?,20+/m1/s1. The first-order valence-electron chi connectivity index (χ1n) is 9.36. The molecule has 0 aromatic rings. The number of rotatable bonds is 1. The van der Waals surface area contributed by atoms with Gasteiger partial charge in [0.05, 0.1) is 0 Å². The molecule has 0 amide bonds. The molecule has 132 valence electrons. The highest BCUT2D eigenvalue weighted by molar-refractivity contribution is 5.66. The molecule has 2 N–H and O–H groups in total. The minimum absolute atomic E-state index is 0.0608. The van der Waals surface area contributed by atoms with E-state index in [4.69, 9.17) is 4.74 Å². The maximum Gasteiger partial charge on any atom is 0.302 e. The van der Waals surface area contributed by atoms with Gasteiger partial charge in [-0.1, -0.05) is 19.1 Å². The summed E-state index contributed by atoms with van der Waals surface area (Å²) in [6, 6.07) is 0. The van der Waals surface area contributed by atoms with Crippen LogP contribution < -0.4 is 0 Å². The summed E-state index contributed by atoms with van der Waals surface area (Å²) in [6.07, 6.45) is 8.61. The van der Waals surface area contributed by atoms with Crippen molar-refractivity contribution >= 4 is 5.97 Å². The molecule has 0 bridgehead atoms. The molecule has 0 heterocycles. The smallest absolute Gasteiger partial charge is 0.302 e. The van der Waals surface area contributed by atoms with Gasteiger partial charge in [-0.05, 0) is 67.4 Å². The second-order valence-electron chi connectivity index (χ2n) is 8.41. The zero-order chi connectivity index (χ0) is 17.1. The summed E-state index contributed by atoms with van der Waals surface area (Å²) < 4.78 is 5.66. The molecular formula is C20H28O4. The Morgan fingerprint density at radius 3 is 2.79 bits per heavy atom. The topological polar surface area (TPSA) is 66.8 Å². The molecule has 0 aromatic heterocycles. The fourth-order valence-electron chi connectivity index (χ4n) is 6.19. The SMILES string of the molecule is CC(=O)O[C@H]1CC[C@H]2[C@@H]3CCC4=C(C=CC(O)C4O)[C@H]3CC[C@]12C. The summed E-state index contributed by atoms with van der Waals surface area (Å²) in [6.45, 7) is 3.83. The maximum absolute atomic E-state index is 11.5. The Bertz CT molecular complexity index is 607. The monoisotopic (exact) mass is 332 g/mol. The average molecular weight is 332 g/mol. The predicted octanol–water partition coefficient (Wildman–Crippen LogP) is 2.74. The Kier molecular flexibility index (Phi) is 3.88. The van der Waals surface area contributed by atoms with Crippen molar-refractivity contribution in [2.24, 2.45) is 23.2 Å². The normalized spacial score (nSPS) is 47.0. The van der Waals surface area contributed by atoms with E-state index in [1.807, 2.05) is 0 Å². The van der Waals surface area contributed by atoms with Crippen LogP contribution in [0.15, 0.2) is 23.3 Å². The number of esters is 1.